The van der Waals surface area contributed by atoms with Gasteiger partial charge in [-0.05, 0) is 54.5 Å². The highest BCUT2D eigenvalue weighted by Gasteiger charge is 2.41. The second kappa shape index (κ2) is 7.35. The van der Waals surface area contributed by atoms with Gasteiger partial charge >= 0.3 is 0 Å². The van der Waals surface area contributed by atoms with Crippen molar-refractivity contribution < 1.29 is 0 Å². The van der Waals surface area contributed by atoms with Crippen LogP contribution in [0.15, 0.2) is 106 Å². The van der Waals surface area contributed by atoms with Crippen molar-refractivity contribution in [2.75, 3.05) is 4.90 Å². The normalized spacial score (nSPS) is 21.6. The number of aromatic nitrogens is 3. The van der Waals surface area contributed by atoms with Gasteiger partial charge in [0.2, 0.25) is 0 Å². The highest BCUT2D eigenvalue weighted by Crippen LogP contribution is 2.46. The van der Waals surface area contributed by atoms with Crippen LogP contribution in [-0.4, -0.2) is 26.3 Å². The van der Waals surface area contributed by atoms with Crippen LogP contribution in [0.25, 0.3) is 34.6 Å². The van der Waals surface area contributed by atoms with Crippen LogP contribution >= 0.6 is 0 Å². The second-order valence-corrected chi connectivity index (χ2v) is 10.2. The number of hydrogen-bond acceptors (Lipinski definition) is 5. The van der Waals surface area contributed by atoms with E-state index in [4.69, 9.17) is 20.0 Å². The molecule has 0 spiro atoms. The number of pyridine rings is 1. The summed E-state index contributed by atoms with van der Waals surface area (Å²) in [6, 6.07) is 18.8. The first kappa shape index (κ1) is 20.2. The van der Waals surface area contributed by atoms with Gasteiger partial charge in [-0.2, -0.15) is 0 Å². The summed E-state index contributed by atoms with van der Waals surface area (Å²) in [6.07, 6.45) is 17.1. The van der Waals surface area contributed by atoms with Gasteiger partial charge in [0.05, 0.1) is 34.0 Å². The van der Waals surface area contributed by atoms with Crippen molar-refractivity contribution in [3.05, 3.63) is 118 Å². The van der Waals surface area contributed by atoms with Crippen molar-refractivity contribution in [2.45, 2.75) is 24.9 Å². The number of fused-ring (bicyclic) bond motifs is 13. The maximum absolute atomic E-state index is 5.30. The summed E-state index contributed by atoms with van der Waals surface area (Å²) >= 11 is 0. The summed E-state index contributed by atoms with van der Waals surface area (Å²) in [4.78, 5) is 23.4. The lowest BCUT2D eigenvalue weighted by molar-refractivity contribution is 0.645. The Hall–Kier alpha value is -4.84. The molecule has 2 aromatic heterocycles. The summed E-state index contributed by atoms with van der Waals surface area (Å²) in [6.45, 7) is 0. The molecule has 0 N–H and O–H groups in total. The molecule has 2 atom stereocenters. The van der Waals surface area contributed by atoms with E-state index in [2.05, 4.69) is 101 Å². The zero-order chi connectivity index (χ0) is 24.8. The van der Waals surface area contributed by atoms with Gasteiger partial charge in [-0.25, -0.2) is 20.0 Å². The predicted molar refractivity (Wildman–Crippen MR) is 150 cm³/mol. The molecule has 0 bridgehead atoms. The Bertz CT molecular complexity index is 2000. The molecular formula is C32H22N6. The fourth-order valence-electron chi connectivity index (χ4n) is 6.35. The molecule has 2 unspecified atom stereocenters. The molecular weight excluding hydrogens is 468 g/mol. The topological polar surface area (TPSA) is 58.7 Å². The van der Waals surface area contributed by atoms with Gasteiger partial charge in [-0.1, -0.05) is 60.7 Å². The Morgan fingerprint density at radius 1 is 0.868 bits per heavy atom. The highest BCUT2D eigenvalue weighted by atomic mass is 15.3. The largest absolute Gasteiger partial charge is 0.313 e. The number of para-hydroxylation sites is 2. The van der Waals surface area contributed by atoms with Crippen LogP contribution in [0.1, 0.15) is 23.9 Å². The average molecular weight is 491 g/mol. The molecule has 0 saturated carbocycles. The summed E-state index contributed by atoms with van der Waals surface area (Å²) < 4.78 is 2.38. The number of allylic oxidation sites excluding steroid dienone is 4. The van der Waals surface area contributed by atoms with Gasteiger partial charge in [0.1, 0.15) is 17.4 Å². The van der Waals surface area contributed by atoms with Gasteiger partial charge in [-0.15, -0.1) is 0 Å². The standard InChI is InChI=1S/C32H22N6/c1-3-11-21-19(9-1)17-27-29(33-21)31-35-24-14-6-8-16-26(24)38(31)28-18-20-10-2-4-12-22(20)34-30(28)32-36-23-13-5-7-15-25(23)37(27)32/h1-7,9-15,17-18,25,28H,8,16H2. The summed E-state index contributed by atoms with van der Waals surface area (Å²) in [5.74, 6) is 1.77. The van der Waals surface area contributed by atoms with Gasteiger partial charge in [0.25, 0.3) is 0 Å². The van der Waals surface area contributed by atoms with Gasteiger partial charge < -0.3 is 9.47 Å². The number of anilines is 1. The second-order valence-electron chi connectivity index (χ2n) is 10.2. The molecule has 3 aliphatic heterocycles. The SMILES string of the molecule is C1=CC2=NC3=C4N=c5ccccc5=CC4n4c(nc5c4CCC=C5)-c4nc5ccccc5cc4N3C2C=C1. The van der Waals surface area contributed by atoms with Gasteiger partial charge in [0.15, 0.2) is 11.6 Å². The first-order valence-electron chi connectivity index (χ1n) is 13.1. The Balaban J connectivity index is 1.47. The van der Waals surface area contributed by atoms with E-state index in [1.165, 1.54) is 5.69 Å². The minimum Gasteiger partial charge on any atom is -0.313 e. The third kappa shape index (κ3) is 2.66. The number of rotatable bonds is 0. The zero-order valence-corrected chi connectivity index (χ0v) is 20.5. The van der Waals surface area contributed by atoms with Crippen LogP contribution in [0.2, 0.25) is 0 Å². The van der Waals surface area contributed by atoms with E-state index in [-0.39, 0.29) is 12.1 Å². The lowest BCUT2D eigenvalue weighted by atomic mass is 10.0. The van der Waals surface area contributed by atoms with Gasteiger partial charge in [0, 0.05) is 11.1 Å². The van der Waals surface area contributed by atoms with E-state index in [1.807, 2.05) is 6.07 Å². The summed E-state index contributed by atoms with van der Waals surface area (Å²) in [7, 11) is 0. The van der Waals surface area contributed by atoms with E-state index in [1.54, 1.807) is 0 Å². The van der Waals surface area contributed by atoms with Crippen LogP contribution in [0.5, 0.6) is 0 Å². The van der Waals surface area contributed by atoms with E-state index >= 15 is 0 Å². The Kier molecular flexibility index (Phi) is 3.92. The minimum atomic E-state index is -0.140. The molecule has 180 valence electrons. The van der Waals surface area contributed by atoms with Crippen LogP contribution in [0.3, 0.4) is 0 Å². The zero-order valence-electron chi connectivity index (χ0n) is 20.5. The molecule has 0 fully saturated rings. The molecule has 5 aliphatic rings. The Labute approximate surface area is 218 Å². The predicted octanol–water partition coefficient (Wildman–Crippen LogP) is 4.65. The number of hydrogen-bond donors (Lipinski definition) is 0. The molecule has 38 heavy (non-hydrogen) atoms. The average Bonchev–Trinajstić information content (AvgIpc) is 3.54. The van der Waals surface area contributed by atoms with Crippen LogP contribution in [0.4, 0.5) is 5.69 Å². The lowest BCUT2D eigenvalue weighted by Crippen LogP contribution is -2.38. The maximum Gasteiger partial charge on any atom is 0.162 e. The fraction of sp³-hybridized carbons (Fsp3) is 0.125. The Morgan fingerprint density at radius 2 is 1.79 bits per heavy atom. The van der Waals surface area contributed by atoms with Crippen molar-refractivity contribution in [3.63, 3.8) is 0 Å². The van der Waals surface area contributed by atoms with Crippen molar-refractivity contribution in [3.8, 4) is 11.5 Å². The number of imidazole rings is 1. The lowest BCUT2D eigenvalue weighted by Gasteiger charge is -2.33. The van der Waals surface area contributed by atoms with Crippen molar-refractivity contribution in [1.82, 2.24) is 14.5 Å². The highest BCUT2D eigenvalue weighted by molar-refractivity contribution is 6.08. The van der Waals surface area contributed by atoms with Crippen LogP contribution in [0, 0.1) is 0 Å². The van der Waals surface area contributed by atoms with Crippen molar-refractivity contribution >= 4 is 34.5 Å². The number of nitrogens with zero attached hydrogens (tertiary/aromatic N) is 6. The Morgan fingerprint density at radius 3 is 2.79 bits per heavy atom. The van der Waals surface area contributed by atoms with Crippen LogP contribution < -0.4 is 15.5 Å². The fourth-order valence-corrected chi connectivity index (χ4v) is 6.35. The molecule has 0 amide bonds. The van der Waals surface area contributed by atoms with Crippen LogP contribution in [-0.2, 0) is 6.42 Å². The summed E-state index contributed by atoms with van der Waals surface area (Å²) in [5.41, 5.74) is 7.07. The number of benzene rings is 2. The molecule has 2 aliphatic carbocycles. The monoisotopic (exact) mass is 490 g/mol. The van der Waals surface area contributed by atoms with E-state index < -0.39 is 0 Å². The molecule has 5 heterocycles. The molecule has 2 aromatic carbocycles. The van der Waals surface area contributed by atoms with E-state index in [0.29, 0.717) is 0 Å². The number of aliphatic imine (C=N–C) groups is 1. The molecule has 0 radical (unpaired) electrons. The van der Waals surface area contributed by atoms with Gasteiger partial charge in [-0.3, -0.25) is 0 Å². The van der Waals surface area contributed by atoms with E-state index in [9.17, 15) is 0 Å². The first-order valence-corrected chi connectivity index (χ1v) is 13.1. The molecule has 6 heteroatoms. The molecule has 6 nitrogen and oxygen atoms in total. The molecule has 4 aromatic rings. The van der Waals surface area contributed by atoms with E-state index in [0.717, 1.165) is 74.4 Å². The molecule has 0 saturated heterocycles. The maximum atomic E-state index is 5.30. The first-order chi connectivity index (χ1) is 18.8. The third-order valence-corrected chi connectivity index (χ3v) is 8.06. The smallest absolute Gasteiger partial charge is 0.162 e. The summed E-state index contributed by atoms with van der Waals surface area (Å²) in [5, 5.41) is 3.19. The quantitative estimate of drug-likeness (QED) is 0.361. The van der Waals surface area contributed by atoms with Crippen molar-refractivity contribution in [1.29, 1.82) is 0 Å². The minimum absolute atomic E-state index is 0.0201. The third-order valence-electron chi connectivity index (χ3n) is 8.06. The van der Waals surface area contributed by atoms with Crippen molar-refractivity contribution in [2.24, 2.45) is 9.98 Å². The molecule has 9 rings (SSSR count).